The molecule has 0 radical (unpaired) electrons. The van der Waals surface area contributed by atoms with Gasteiger partial charge in [0.1, 0.15) is 8.07 Å². The second kappa shape index (κ2) is 6.69. The van der Waals surface area contributed by atoms with E-state index < -0.39 is 8.07 Å². The van der Waals surface area contributed by atoms with Crippen LogP contribution >= 0.6 is 11.8 Å². The van der Waals surface area contributed by atoms with Crippen molar-refractivity contribution in [2.75, 3.05) is 0 Å². The maximum absolute atomic E-state index is 2.55. The molecule has 0 saturated carbocycles. The number of rotatable bonds is 2. The van der Waals surface area contributed by atoms with Gasteiger partial charge in [-0.15, -0.1) is 0 Å². The summed E-state index contributed by atoms with van der Waals surface area (Å²) >= 11 is 2.08. The molecule has 2 aliphatic heterocycles. The number of hydrogen-bond acceptors (Lipinski definition) is 1. The summed E-state index contributed by atoms with van der Waals surface area (Å²) in [4.78, 5) is 3.33. The second-order valence-electron chi connectivity index (χ2n) is 6.05. The molecule has 21 heavy (non-hydrogen) atoms. The van der Waals surface area contributed by atoms with Gasteiger partial charge in [0.15, 0.2) is 0 Å². The molecule has 2 aliphatic carbocycles. The fraction of sp³-hybridized carbons (Fsp3) is 0.375. The first kappa shape index (κ1) is 19.8. The van der Waals surface area contributed by atoms with Crippen LogP contribution in [0, 0.1) is 5.92 Å². The van der Waals surface area contributed by atoms with Crippen LogP contribution in [-0.2, 0) is 26.2 Å². The Balaban J connectivity index is 0.000000735. The summed E-state index contributed by atoms with van der Waals surface area (Å²) in [7, 11) is -1.27. The Bertz CT molecular complexity index is 626. The minimum Gasteiger partial charge on any atom is -1.00 e. The first-order chi connectivity index (χ1) is 8.64. The summed E-state index contributed by atoms with van der Waals surface area (Å²) < 4.78 is 0. The summed E-state index contributed by atoms with van der Waals surface area (Å²) in [5.74, 6) is 0.739. The van der Waals surface area contributed by atoms with Crippen molar-refractivity contribution in [1.82, 2.24) is 0 Å². The monoisotopic (exact) mass is 430 g/mol. The molecular formula is C16H18Cl2SSiZr. The van der Waals surface area contributed by atoms with Gasteiger partial charge in [0.25, 0.3) is 0 Å². The summed E-state index contributed by atoms with van der Waals surface area (Å²) in [6, 6.07) is 0. The van der Waals surface area contributed by atoms with E-state index >= 15 is 0 Å². The largest absolute Gasteiger partial charge is 2.00 e. The van der Waals surface area contributed by atoms with E-state index in [2.05, 4.69) is 56.1 Å². The molecule has 0 bridgehead atoms. The SMILES string of the molecule is CCC1=C2C3C(=CC(C4=CC=CC4)=C3[Si]2(C)C)S1.[Cl-].[Cl-].[Zr+2]. The third kappa shape index (κ3) is 2.52. The van der Waals surface area contributed by atoms with Gasteiger partial charge in [-0.3, -0.25) is 0 Å². The maximum Gasteiger partial charge on any atom is 2.00 e. The topological polar surface area (TPSA) is 0 Å². The second-order valence-corrected chi connectivity index (χ2v) is 11.5. The van der Waals surface area contributed by atoms with Crippen LogP contribution in [0.25, 0.3) is 0 Å². The molecule has 110 valence electrons. The van der Waals surface area contributed by atoms with Crippen molar-refractivity contribution in [2.45, 2.75) is 32.9 Å². The Morgan fingerprint density at radius 3 is 2.52 bits per heavy atom. The van der Waals surface area contributed by atoms with E-state index in [1.54, 1.807) is 21.0 Å². The average Bonchev–Trinajstić information content (AvgIpc) is 2.99. The van der Waals surface area contributed by atoms with E-state index in [-0.39, 0.29) is 51.0 Å². The van der Waals surface area contributed by atoms with E-state index in [9.17, 15) is 0 Å². The van der Waals surface area contributed by atoms with Gasteiger partial charge in [0.2, 0.25) is 0 Å². The van der Waals surface area contributed by atoms with Crippen molar-refractivity contribution in [3.05, 3.63) is 55.7 Å². The van der Waals surface area contributed by atoms with Crippen molar-refractivity contribution in [1.29, 1.82) is 0 Å². The Hall–Kier alpha value is 0.730. The molecule has 1 unspecified atom stereocenters. The summed E-state index contributed by atoms with van der Waals surface area (Å²) in [5, 5.41) is 3.69. The van der Waals surface area contributed by atoms with Gasteiger partial charge in [-0.2, -0.15) is 0 Å². The zero-order valence-corrected chi connectivity index (χ0v) is 18.3. The Morgan fingerprint density at radius 2 is 1.95 bits per heavy atom. The van der Waals surface area contributed by atoms with Crippen molar-refractivity contribution in [3.63, 3.8) is 0 Å². The predicted octanol–water partition coefficient (Wildman–Crippen LogP) is -1.10. The van der Waals surface area contributed by atoms with Crippen molar-refractivity contribution in [3.8, 4) is 0 Å². The number of allylic oxidation sites excluding steroid dienone is 10. The molecule has 4 aliphatic rings. The molecule has 2 heterocycles. The van der Waals surface area contributed by atoms with E-state index in [1.807, 2.05) is 10.4 Å². The van der Waals surface area contributed by atoms with Gasteiger partial charge in [-0.25, -0.2) is 0 Å². The molecule has 0 spiro atoms. The molecule has 0 nitrogen and oxygen atoms in total. The van der Waals surface area contributed by atoms with Gasteiger partial charge < -0.3 is 24.8 Å². The maximum atomic E-state index is 2.55. The summed E-state index contributed by atoms with van der Waals surface area (Å²) in [6.45, 7) is 7.41. The van der Waals surface area contributed by atoms with E-state index in [0.717, 1.165) is 12.3 Å². The molecule has 1 atom stereocenters. The summed E-state index contributed by atoms with van der Waals surface area (Å²) in [5.41, 5.74) is 3.17. The average molecular weight is 433 g/mol. The molecule has 0 N–H and O–H groups in total. The third-order valence-corrected chi connectivity index (χ3v) is 10.1. The minimum absolute atomic E-state index is 0. The van der Waals surface area contributed by atoms with Crippen LogP contribution in [0.2, 0.25) is 13.1 Å². The van der Waals surface area contributed by atoms with Crippen molar-refractivity contribution < 1.29 is 51.0 Å². The van der Waals surface area contributed by atoms with Gasteiger partial charge in [-0.05, 0) is 35.0 Å². The van der Waals surface area contributed by atoms with Gasteiger partial charge >= 0.3 is 26.2 Å². The molecule has 0 aromatic heterocycles. The number of halogens is 2. The van der Waals surface area contributed by atoms with E-state index in [4.69, 9.17) is 0 Å². The predicted molar refractivity (Wildman–Crippen MR) is 82.8 cm³/mol. The van der Waals surface area contributed by atoms with Crippen LogP contribution in [0.4, 0.5) is 0 Å². The first-order valence-corrected chi connectivity index (χ1v) is 10.7. The molecular weight excluding hydrogens is 414 g/mol. The Kier molecular flexibility index (Phi) is 6.30. The number of thioether (sulfide) groups is 1. The Labute approximate surface area is 164 Å². The normalized spacial score (nSPS) is 26.3. The first-order valence-electron chi connectivity index (χ1n) is 6.88. The van der Waals surface area contributed by atoms with Crippen LogP contribution < -0.4 is 24.8 Å². The molecule has 0 amide bonds. The fourth-order valence-electron chi connectivity index (χ4n) is 3.98. The van der Waals surface area contributed by atoms with Crippen LogP contribution in [-0.4, -0.2) is 8.07 Å². The van der Waals surface area contributed by atoms with Crippen LogP contribution in [0.15, 0.2) is 55.7 Å². The zero-order valence-electron chi connectivity index (χ0n) is 12.5. The van der Waals surface area contributed by atoms with Crippen molar-refractivity contribution in [2.24, 2.45) is 5.92 Å². The quantitative estimate of drug-likeness (QED) is 0.500. The fourth-order valence-corrected chi connectivity index (χ4v) is 10.2. The van der Waals surface area contributed by atoms with Crippen molar-refractivity contribution >= 4 is 19.8 Å². The van der Waals surface area contributed by atoms with Gasteiger partial charge in [-0.1, -0.05) is 60.4 Å². The zero-order chi connectivity index (χ0) is 12.5. The molecule has 0 aromatic carbocycles. The standard InChI is InChI=1S/C16H18SSi.2ClH.Zr/c1-4-12-16-14-13(17-12)9-11(10-7-5-6-8-10)15(14)18(16,2)3;;;/h5-7,9,14H,4,8H2,1-3H3;2*1H;/q;;;+2/p-2. The molecule has 5 heteroatoms. The summed E-state index contributed by atoms with van der Waals surface area (Å²) in [6.07, 6.45) is 11.7. The minimum atomic E-state index is -1.27. The van der Waals surface area contributed by atoms with E-state index in [1.165, 1.54) is 6.42 Å². The van der Waals surface area contributed by atoms with E-state index in [0.29, 0.717) is 0 Å². The molecule has 1 saturated heterocycles. The van der Waals surface area contributed by atoms with Crippen LogP contribution in [0.5, 0.6) is 0 Å². The Morgan fingerprint density at radius 1 is 1.24 bits per heavy atom. The van der Waals surface area contributed by atoms with Gasteiger partial charge in [0.05, 0.1) is 0 Å². The van der Waals surface area contributed by atoms with Crippen LogP contribution in [0.1, 0.15) is 19.8 Å². The smallest absolute Gasteiger partial charge is 1.00 e. The van der Waals surface area contributed by atoms with Gasteiger partial charge in [0, 0.05) is 10.8 Å². The molecule has 4 rings (SSSR count). The van der Waals surface area contributed by atoms with Crippen LogP contribution in [0.3, 0.4) is 0 Å². The molecule has 1 fully saturated rings. The molecule has 0 aromatic rings. The number of hydrogen-bond donors (Lipinski definition) is 0. The third-order valence-electron chi connectivity index (χ3n) is 4.77.